The summed E-state index contributed by atoms with van der Waals surface area (Å²) in [5, 5.41) is 8.24. The van der Waals surface area contributed by atoms with Gasteiger partial charge in [0.15, 0.2) is 5.82 Å². The predicted octanol–water partition coefficient (Wildman–Crippen LogP) is 3.63. The van der Waals surface area contributed by atoms with Gasteiger partial charge in [0.05, 0.1) is 0 Å². The van der Waals surface area contributed by atoms with Crippen molar-refractivity contribution >= 4 is 11.6 Å². The molecule has 4 nitrogen and oxygen atoms in total. The topological polar surface area (TPSA) is 51.0 Å². The van der Waals surface area contributed by atoms with E-state index in [4.69, 9.17) is 16.1 Å². The maximum Gasteiger partial charge on any atom is 0.228 e. The van der Waals surface area contributed by atoms with E-state index in [0.717, 1.165) is 36.4 Å². The van der Waals surface area contributed by atoms with E-state index < -0.39 is 0 Å². The van der Waals surface area contributed by atoms with Gasteiger partial charge in [0.1, 0.15) is 0 Å². The minimum absolute atomic E-state index is 0.402. The van der Waals surface area contributed by atoms with Crippen LogP contribution in [0.15, 0.2) is 28.8 Å². The first-order chi connectivity index (χ1) is 10.2. The maximum absolute atomic E-state index is 5.98. The van der Waals surface area contributed by atoms with Crippen molar-refractivity contribution in [2.24, 2.45) is 0 Å². The van der Waals surface area contributed by atoms with E-state index in [1.54, 1.807) is 0 Å². The van der Waals surface area contributed by atoms with Gasteiger partial charge < -0.3 is 9.84 Å². The third kappa shape index (κ3) is 5.14. The molecule has 2 rings (SSSR count). The van der Waals surface area contributed by atoms with Crippen LogP contribution in [0.1, 0.15) is 44.0 Å². The smallest absolute Gasteiger partial charge is 0.228 e. The summed E-state index contributed by atoms with van der Waals surface area (Å²) >= 11 is 5.98. The molecule has 1 unspecified atom stereocenters. The van der Waals surface area contributed by atoms with Crippen molar-refractivity contribution in [2.45, 2.75) is 45.6 Å². The Bertz CT molecular complexity index is 550. The second kappa shape index (κ2) is 8.15. The van der Waals surface area contributed by atoms with E-state index in [1.807, 2.05) is 24.3 Å². The number of benzene rings is 1. The Kier molecular flexibility index (Phi) is 6.21. The lowest BCUT2D eigenvalue weighted by Gasteiger charge is -2.14. The number of nitrogens with zero attached hydrogens (tertiary/aromatic N) is 2. The lowest BCUT2D eigenvalue weighted by molar-refractivity contribution is 0.349. The van der Waals surface area contributed by atoms with Gasteiger partial charge >= 0.3 is 0 Å². The highest BCUT2D eigenvalue weighted by molar-refractivity contribution is 6.30. The molecule has 0 aliphatic carbocycles. The Morgan fingerprint density at radius 1 is 1.33 bits per heavy atom. The lowest BCUT2D eigenvalue weighted by Crippen LogP contribution is -2.30. The van der Waals surface area contributed by atoms with Gasteiger partial charge in [-0.1, -0.05) is 49.2 Å². The molecular formula is C16H22ClN3O. The van der Waals surface area contributed by atoms with Crippen LogP contribution in [0.25, 0.3) is 0 Å². The normalized spacial score (nSPS) is 12.5. The Balaban J connectivity index is 1.97. The molecule has 2 aromatic rings. The summed E-state index contributed by atoms with van der Waals surface area (Å²) in [7, 11) is 0. The average molecular weight is 308 g/mol. The number of likely N-dealkylation sites (N-methyl/N-ethyl adjacent to an activating group) is 1. The van der Waals surface area contributed by atoms with E-state index in [-0.39, 0.29) is 0 Å². The number of hydrogen-bond donors (Lipinski definition) is 1. The largest absolute Gasteiger partial charge is 0.339 e. The number of hydrogen-bond acceptors (Lipinski definition) is 4. The fourth-order valence-electron chi connectivity index (χ4n) is 2.40. The first-order valence-corrected chi connectivity index (χ1v) is 7.88. The molecule has 0 spiro atoms. The summed E-state index contributed by atoms with van der Waals surface area (Å²) in [6.07, 6.45) is 3.68. The molecule has 0 aliphatic heterocycles. The summed E-state index contributed by atoms with van der Waals surface area (Å²) in [4.78, 5) is 4.48. The molecule has 5 heteroatoms. The van der Waals surface area contributed by atoms with Gasteiger partial charge in [-0.2, -0.15) is 4.98 Å². The molecule has 0 saturated heterocycles. The average Bonchev–Trinajstić information content (AvgIpc) is 2.86. The Morgan fingerprint density at radius 3 is 2.90 bits per heavy atom. The molecule has 1 atom stereocenters. The molecule has 0 saturated carbocycles. The van der Waals surface area contributed by atoms with Gasteiger partial charge in [0, 0.05) is 23.9 Å². The van der Waals surface area contributed by atoms with Gasteiger partial charge in [-0.25, -0.2) is 0 Å². The van der Waals surface area contributed by atoms with Crippen LogP contribution in [0, 0.1) is 0 Å². The first kappa shape index (κ1) is 16.0. The lowest BCUT2D eigenvalue weighted by atomic mass is 10.1. The molecule has 1 aromatic heterocycles. The van der Waals surface area contributed by atoms with E-state index >= 15 is 0 Å². The number of rotatable bonds is 8. The van der Waals surface area contributed by atoms with Gasteiger partial charge in [-0.3, -0.25) is 0 Å². The highest BCUT2D eigenvalue weighted by Crippen LogP contribution is 2.14. The van der Waals surface area contributed by atoms with E-state index in [0.29, 0.717) is 24.2 Å². The fraction of sp³-hybridized carbons (Fsp3) is 0.500. The summed E-state index contributed by atoms with van der Waals surface area (Å²) in [6.45, 7) is 5.25. The van der Waals surface area contributed by atoms with E-state index in [1.165, 1.54) is 0 Å². The Labute approximate surface area is 130 Å². The summed E-state index contributed by atoms with van der Waals surface area (Å²) < 4.78 is 5.36. The first-order valence-electron chi connectivity index (χ1n) is 7.50. The third-order valence-corrected chi connectivity index (χ3v) is 3.55. The number of aromatic nitrogens is 2. The molecule has 1 heterocycles. The standard InChI is InChI=1S/C16H22ClN3O/c1-3-6-14(18-4-2)11-16-19-15(20-21-16)10-12-7-5-8-13(17)9-12/h5,7-9,14,18H,3-4,6,10-11H2,1-2H3. The molecule has 0 amide bonds. The van der Waals surface area contributed by atoms with Crippen LogP contribution in [-0.2, 0) is 12.8 Å². The van der Waals surface area contributed by atoms with Crippen molar-refractivity contribution in [3.63, 3.8) is 0 Å². The van der Waals surface area contributed by atoms with Gasteiger partial charge in [0.25, 0.3) is 0 Å². The van der Waals surface area contributed by atoms with Crippen molar-refractivity contribution in [1.82, 2.24) is 15.5 Å². The molecule has 0 bridgehead atoms. The molecular weight excluding hydrogens is 286 g/mol. The van der Waals surface area contributed by atoms with Gasteiger partial charge in [0.2, 0.25) is 5.89 Å². The van der Waals surface area contributed by atoms with Crippen molar-refractivity contribution in [1.29, 1.82) is 0 Å². The summed E-state index contributed by atoms with van der Waals surface area (Å²) in [6, 6.07) is 8.13. The van der Waals surface area contributed by atoms with Gasteiger partial charge in [-0.15, -0.1) is 0 Å². The van der Waals surface area contributed by atoms with Gasteiger partial charge in [-0.05, 0) is 30.7 Å². The molecule has 0 radical (unpaired) electrons. The maximum atomic E-state index is 5.98. The quantitative estimate of drug-likeness (QED) is 0.809. The zero-order chi connectivity index (χ0) is 15.1. The second-order valence-corrected chi connectivity index (χ2v) is 5.59. The highest BCUT2D eigenvalue weighted by Gasteiger charge is 2.13. The van der Waals surface area contributed by atoms with Crippen LogP contribution in [0.3, 0.4) is 0 Å². The number of nitrogens with one attached hydrogen (secondary N) is 1. The summed E-state index contributed by atoms with van der Waals surface area (Å²) in [5.74, 6) is 1.41. The van der Waals surface area contributed by atoms with Crippen molar-refractivity contribution in [2.75, 3.05) is 6.54 Å². The van der Waals surface area contributed by atoms with Crippen LogP contribution in [-0.4, -0.2) is 22.7 Å². The predicted molar refractivity (Wildman–Crippen MR) is 84.6 cm³/mol. The SMILES string of the molecule is CCCC(Cc1nc(Cc2cccc(Cl)c2)no1)NCC. The van der Waals surface area contributed by atoms with Crippen LogP contribution in [0.5, 0.6) is 0 Å². The Hall–Kier alpha value is -1.39. The van der Waals surface area contributed by atoms with E-state index in [9.17, 15) is 0 Å². The Morgan fingerprint density at radius 2 is 2.19 bits per heavy atom. The zero-order valence-corrected chi connectivity index (χ0v) is 13.4. The molecule has 0 fully saturated rings. The van der Waals surface area contributed by atoms with Crippen LogP contribution in [0.2, 0.25) is 5.02 Å². The van der Waals surface area contributed by atoms with Crippen molar-refractivity contribution in [3.05, 3.63) is 46.6 Å². The fourth-order valence-corrected chi connectivity index (χ4v) is 2.61. The van der Waals surface area contributed by atoms with E-state index in [2.05, 4.69) is 29.3 Å². The third-order valence-electron chi connectivity index (χ3n) is 3.31. The monoisotopic (exact) mass is 307 g/mol. The molecule has 1 aromatic carbocycles. The zero-order valence-electron chi connectivity index (χ0n) is 12.6. The minimum atomic E-state index is 0.402. The van der Waals surface area contributed by atoms with Crippen LogP contribution < -0.4 is 5.32 Å². The minimum Gasteiger partial charge on any atom is -0.339 e. The molecule has 1 N–H and O–H groups in total. The molecule has 0 aliphatic rings. The molecule has 21 heavy (non-hydrogen) atoms. The number of halogens is 1. The highest BCUT2D eigenvalue weighted by atomic mass is 35.5. The van der Waals surface area contributed by atoms with Crippen LogP contribution >= 0.6 is 11.6 Å². The summed E-state index contributed by atoms with van der Waals surface area (Å²) in [5.41, 5.74) is 1.09. The second-order valence-electron chi connectivity index (χ2n) is 5.16. The van der Waals surface area contributed by atoms with Crippen LogP contribution in [0.4, 0.5) is 0 Å². The van der Waals surface area contributed by atoms with Crippen molar-refractivity contribution in [3.8, 4) is 0 Å². The van der Waals surface area contributed by atoms with Crippen molar-refractivity contribution < 1.29 is 4.52 Å². The molecule has 114 valence electrons.